The fourth-order valence-electron chi connectivity index (χ4n) is 5.58. The third-order valence-corrected chi connectivity index (χ3v) is 8.61. The van der Waals surface area contributed by atoms with Gasteiger partial charge in [0.15, 0.2) is 11.5 Å². The number of aldehydes is 1. The van der Waals surface area contributed by atoms with Crippen molar-refractivity contribution >= 4 is 51.7 Å². The summed E-state index contributed by atoms with van der Waals surface area (Å²) < 4.78 is 23.5. The van der Waals surface area contributed by atoms with Gasteiger partial charge in [-0.2, -0.15) is 0 Å². The number of halogens is 1. The first kappa shape index (κ1) is 32.6. The number of methoxy groups -OCH3 is 1. The van der Waals surface area contributed by atoms with E-state index in [0.717, 1.165) is 6.42 Å². The van der Waals surface area contributed by atoms with Crippen molar-refractivity contribution in [2.45, 2.75) is 43.6 Å². The van der Waals surface area contributed by atoms with Crippen molar-refractivity contribution in [2.24, 2.45) is 0 Å². The van der Waals surface area contributed by atoms with E-state index in [1.54, 1.807) is 30.3 Å². The number of benzene rings is 2. The maximum atomic E-state index is 14.2. The minimum atomic E-state index is -1.37. The summed E-state index contributed by atoms with van der Waals surface area (Å²) in [5.41, 5.74) is -0.172. The topological polar surface area (TPSA) is 165 Å². The molecule has 4 atom stereocenters. The number of hydrogen-bond donors (Lipinski definition) is 3. The van der Waals surface area contributed by atoms with Crippen LogP contribution in [-0.4, -0.2) is 91.0 Å². The van der Waals surface area contributed by atoms with Crippen LogP contribution in [0.15, 0.2) is 63.3 Å². The van der Waals surface area contributed by atoms with Crippen LogP contribution < -0.4 is 20.4 Å². The summed E-state index contributed by atoms with van der Waals surface area (Å²) in [4.78, 5) is 53.3. The van der Waals surface area contributed by atoms with Gasteiger partial charge in [0.25, 0.3) is 5.91 Å². The second-order valence-electron chi connectivity index (χ2n) is 10.7. The SMILES string of the molecule is COc1cc(C=O)cc(I)c1OC1C=C(C(=O)NCCO)CC(N(CC2CCCO2)C(=O)c2cc3ccccc3oc2=O)C1O. The van der Waals surface area contributed by atoms with Crippen LogP contribution in [-0.2, 0) is 9.53 Å². The van der Waals surface area contributed by atoms with E-state index in [-0.39, 0.29) is 54.9 Å². The molecule has 0 spiro atoms. The number of rotatable bonds is 11. The van der Waals surface area contributed by atoms with Crippen LogP contribution in [0.3, 0.4) is 0 Å². The number of fused-ring (bicyclic) bond motifs is 1. The van der Waals surface area contributed by atoms with Gasteiger partial charge >= 0.3 is 5.63 Å². The molecule has 12 nitrogen and oxygen atoms in total. The van der Waals surface area contributed by atoms with Gasteiger partial charge in [-0.25, -0.2) is 4.79 Å². The van der Waals surface area contributed by atoms with Gasteiger partial charge in [0, 0.05) is 42.6 Å². The average molecular weight is 733 g/mol. The molecule has 0 bridgehead atoms. The molecule has 1 fully saturated rings. The van der Waals surface area contributed by atoms with Crippen LogP contribution in [0.4, 0.5) is 0 Å². The van der Waals surface area contributed by atoms with E-state index in [1.165, 1.54) is 30.2 Å². The lowest BCUT2D eigenvalue weighted by atomic mass is 9.87. The monoisotopic (exact) mass is 732 g/mol. The molecule has 3 aromatic rings. The Morgan fingerprint density at radius 1 is 1.22 bits per heavy atom. The van der Waals surface area contributed by atoms with E-state index in [9.17, 15) is 29.4 Å². The van der Waals surface area contributed by atoms with Crippen molar-refractivity contribution in [1.82, 2.24) is 10.2 Å². The zero-order valence-corrected chi connectivity index (χ0v) is 26.6. The fraction of sp³-hybridized carbons (Fsp3) is 0.375. The minimum Gasteiger partial charge on any atom is -0.493 e. The summed E-state index contributed by atoms with van der Waals surface area (Å²) in [5.74, 6) is -0.736. The smallest absolute Gasteiger partial charge is 0.349 e. The van der Waals surface area contributed by atoms with Gasteiger partial charge in [-0.3, -0.25) is 14.4 Å². The molecule has 1 saturated heterocycles. The maximum absolute atomic E-state index is 14.2. The number of aliphatic hydroxyl groups is 2. The zero-order valence-electron chi connectivity index (χ0n) is 24.4. The summed E-state index contributed by atoms with van der Waals surface area (Å²) in [6.07, 6.45) is 0.623. The van der Waals surface area contributed by atoms with Crippen molar-refractivity contribution in [3.8, 4) is 11.5 Å². The number of hydrogen-bond acceptors (Lipinski definition) is 10. The molecule has 1 aromatic heterocycles. The molecule has 2 amide bonds. The molecular weight excluding hydrogens is 699 g/mol. The molecule has 45 heavy (non-hydrogen) atoms. The molecule has 1 aliphatic carbocycles. The van der Waals surface area contributed by atoms with E-state index in [2.05, 4.69) is 5.32 Å². The standard InChI is InChI=1S/C32H33IN2O10/c1-42-27-12-18(17-37)11-23(33)29(27)44-26-15-20(30(39)34-8-9-36)14-24(28(26)38)35(16-21-6-4-10-43-21)31(40)22-13-19-5-2-3-7-25(19)45-32(22)41/h2-3,5,7,11-13,15,17,21,24,26,28,36,38H,4,6,8-10,14,16H2,1H3,(H,34,39). The van der Waals surface area contributed by atoms with E-state index in [4.69, 9.17) is 18.6 Å². The Morgan fingerprint density at radius 3 is 2.73 bits per heavy atom. The predicted octanol–water partition coefficient (Wildman–Crippen LogP) is 2.46. The van der Waals surface area contributed by atoms with E-state index >= 15 is 0 Å². The summed E-state index contributed by atoms with van der Waals surface area (Å²) in [5, 5.41) is 24.3. The number of carbonyl (C=O) groups excluding carboxylic acids is 3. The molecule has 2 heterocycles. The number of nitrogens with one attached hydrogen (secondary N) is 1. The van der Waals surface area contributed by atoms with Crippen molar-refractivity contribution in [2.75, 3.05) is 33.4 Å². The van der Waals surface area contributed by atoms with Crippen molar-refractivity contribution in [3.63, 3.8) is 0 Å². The molecule has 1 aliphatic heterocycles. The third-order valence-electron chi connectivity index (χ3n) is 7.81. The molecule has 2 aromatic carbocycles. The lowest BCUT2D eigenvalue weighted by Crippen LogP contribution is -2.57. The van der Waals surface area contributed by atoms with Crippen LogP contribution in [0.1, 0.15) is 40.0 Å². The van der Waals surface area contributed by atoms with Gasteiger partial charge in [-0.1, -0.05) is 18.2 Å². The summed E-state index contributed by atoms with van der Waals surface area (Å²) in [6.45, 7) is 0.253. The average Bonchev–Trinajstić information content (AvgIpc) is 3.57. The predicted molar refractivity (Wildman–Crippen MR) is 171 cm³/mol. The summed E-state index contributed by atoms with van der Waals surface area (Å²) in [7, 11) is 1.41. The van der Waals surface area contributed by atoms with Crippen LogP contribution in [0.25, 0.3) is 11.0 Å². The first-order valence-electron chi connectivity index (χ1n) is 14.5. The Morgan fingerprint density at radius 2 is 2.02 bits per heavy atom. The lowest BCUT2D eigenvalue weighted by Gasteiger charge is -2.41. The number of nitrogens with zero attached hydrogens (tertiary/aromatic N) is 1. The lowest BCUT2D eigenvalue weighted by molar-refractivity contribution is -0.118. The highest BCUT2D eigenvalue weighted by Gasteiger charge is 2.42. The highest BCUT2D eigenvalue weighted by atomic mass is 127. The van der Waals surface area contributed by atoms with Gasteiger partial charge in [-0.05, 0) is 65.8 Å². The van der Waals surface area contributed by atoms with E-state index < -0.39 is 35.7 Å². The van der Waals surface area contributed by atoms with Gasteiger partial charge in [0.1, 0.15) is 29.6 Å². The first-order valence-corrected chi connectivity index (χ1v) is 15.5. The van der Waals surface area contributed by atoms with Gasteiger partial charge in [-0.15, -0.1) is 0 Å². The third kappa shape index (κ3) is 7.21. The molecule has 3 N–H and O–H groups in total. The molecular formula is C32H33IN2O10. The Bertz CT molecular complexity index is 1670. The Hall–Kier alpha value is -3.79. The second-order valence-corrected chi connectivity index (χ2v) is 11.9. The summed E-state index contributed by atoms with van der Waals surface area (Å²) >= 11 is 1.98. The molecule has 238 valence electrons. The van der Waals surface area contributed by atoms with Crippen molar-refractivity contribution in [3.05, 3.63) is 79.2 Å². The Kier molecular flexibility index (Phi) is 10.5. The maximum Gasteiger partial charge on any atom is 0.349 e. The number of carbonyl (C=O) groups is 3. The molecule has 4 unspecified atom stereocenters. The fourth-order valence-corrected chi connectivity index (χ4v) is 6.33. The Labute approximate surface area is 272 Å². The quantitative estimate of drug-likeness (QED) is 0.152. The van der Waals surface area contributed by atoms with Gasteiger partial charge in [0.2, 0.25) is 5.91 Å². The van der Waals surface area contributed by atoms with E-state index in [1.807, 2.05) is 22.6 Å². The minimum absolute atomic E-state index is 0.00943. The van der Waals surface area contributed by atoms with Crippen LogP contribution >= 0.6 is 22.6 Å². The van der Waals surface area contributed by atoms with Crippen molar-refractivity contribution < 1.29 is 43.2 Å². The first-order chi connectivity index (χ1) is 21.7. The Balaban J connectivity index is 1.56. The van der Waals surface area contributed by atoms with Gasteiger partial charge < -0.3 is 39.1 Å². The number of amides is 2. The highest BCUT2D eigenvalue weighted by molar-refractivity contribution is 14.1. The molecule has 5 rings (SSSR count). The number of ether oxygens (including phenoxy) is 3. The zero-order chi connectivity index (χ0) is 32.1. The van der Waals surface area contributed by atoms with Crippen LogP contribution in [0.2, 0.25) is 0 Å². The molecule has 0 radical (unpaired) electrons. The second kappa shape index (κ2) is 14.5. The van der Waals surface area contributed by atoms with Gasteiger partial charge in [0.05, 0.1) is 29.4 Å². The van der Waals surface area contributed by atoms with Crippen molar-refractivity contribution in [1.29, 1.82) is 0 Å². The largest absolute Gasteiger partial charge is 0.493 e. The highest BCUT2D eigenvalue weighted by Crippen LogP contribution is 2.37. The summed E-state index contributed by atoms with van der Waals surface area (Å²) in [6, 6.07) is 10.3. The molecule has 0 saturated carbocycles. The van der Waals surface area contributed by atoms with E-state index in [0.29, 0.717) is 39.4 Å². The number of para-hydroxylation sites is 1. The number of aliphatic hydroxyl groups excluding tert-OH is 2. The van der Waals surface area contributed by atoms with Crippen LogP contribution in [0, 0.1) is 3.57 Å². The normalized spacial score (nSPS) is 21.2. The molecule has 13 heteroatoms. The van der Waals surface area contributed by atoms with Crippen LogP contribution in [0.5, 0.6) is 11.5 Å². The molecule has 2 aliphatic rings.